The van der Waals surface area contributed by atoms with Crippen molar-refractivity contribution in [1.82, 2.24) is 10.3 Å². The van der Waals surface area contributed by atoms with Crippen LogP contribution in [-0.4, -0.2) is 28.6 Å². The highest BCUT2D eigenvalue weighted by molar-refractivity contribution is 7.11. The number of nitrogens with zero attached hydrogens (tertiary/aromatic N) is 1. The molecule has 0 aliphatic heterocycles. The molecule has 4 N–H and O–H groups in total. The lowest BCUT2D eigenvalue weighted by molar-refractivity contribution is -0.125. The molecule has 0 saturated heterocycles. The van der Waals surface area contributed by atoms with E-state index in [9.17, 15) is 9.90 Å². The second kappa shape index (κ2) is 5.38. The van der Waals surface area contributed by atoms with Crippen molar-refractivity contribution >= 4 is 17.2 Å². The number of thiazole rings is 1. The van der Waals surface area contributed by atoms with Crippen LogP contribution in [0.1, 0.15) is 28.5 Å². The molecule has 0 fully saturated rings. The lowest BCUT2D eigenvalue weighted by Gasteiger charge is -2.14. The van der Waals surface area contributed by atoms with E-state index >= 15 is 0 Å². The van der Waals surface area contributed by atoms with Crippen LogP contribution < -0.4 is 11.1 Å². The van der Waals surface area contributed by atoms with Crippen LogP contribution in [0.25, 0.3) is 0 Å². The summed E-state index contributed by atoms with van der Waals surface area (Å²) in [5.74, 6) is -0.717. The van der Waals surface area contributed by atoms with E-state index in [4.69, 9.17) is 5.73 Å². The average molecular weight is 243 g/mol. The maximum atomic E-state index is 10.6. The molecule has 0 bridgehead atoms. The molecule has 1 amide bonds. The van der Waals surface area contributed by atoms with E-state index in [1.165, 1.54) is 0 Å². The maximum absolute atomic E-state index is 10.6. The second-order valence-electron chi connectivity index (χ2n) is 3.72. The summed E-state index contributed by atoms with van der Waals surface area (Å²) >= 11 is 1.63. The Bertz CT molecular complexity index is 378. The van der Waals surface area contributed by atoms with Gasteiger partial charge in [0.2, 0.25) is 5.91 Å². The molecule has 0 radical (unpaired) electrons. The van der Waals surface area contributed by atoms with Crippen molar-refractivity contribution in [2.45, 2.75) is 32.9 Å². The number of aromatic nitrogens is 1. The Kier molecular flexibility index (Phi) is 4.40. The largest absolute Gasteiger partial charge is 0.382 e. The number of aliphatic hydroxyl groups is 1. The number of nitrogens with two attached hydrogens (primary N) is 1. The second-order valence-corrected chi connectivity index (χ2v) is 5.13. The van der Waals surface area contributed by atoms with Gasteiger partial charge < -0.3 is 16.2 Å². The van der Waals surface area contributed by atoms with Crippen LogP contribution in [-0.2, 0) is 4.79 Å². The summed E-state index contributed by atoms with van der Waals surface area (Å²) in [6, 6.07) is -0.000972. The van der Waals surface area contributed by atoms with Crippen LogP contribution in [0, 0.1) is 13.8 Å². The molecule has 1 aromatic heterocycles. The Morgan fingerprint density at radius 3 is 2.69 bits per heavy atom. The number of primary amides is 1. The molecule has 0 aliphatic rings. The minimum absolute atomic E-state index is 0.000972. The highest BCUT2D eigenvalue weighted by Gasteiger charge is 2.16. The van der Waals surface area contributed by atoms with Gasteiger partial charge in [-0.3, -0.25) is 4.79 Å². The van der Waals surface area contributed by atoms with Gasteiger partial charge in [-0.1, -0.05) is 0 Å². The van der Waals surface area contributed by atoms with Crippen LogP contribution in [0.2, 0.25) is 0 Å². The van der Waals surface area contributed by atoms with E-state index in [1.54, 1.807) is 11.3 Å². The van der Waals surface area contributed by atoms with Gasteiger partial charge in [0.1, 0.15) is 6.10 Å². The van der Waals surface area contributed by atoms with E-state index in [1.807, 2.05) is 20.8 Å². The van der Waals surface area contributed by atoms with Crippen molar-refractivity contribution in [3.05, 3.63) is 15.6 Å². The highest BCUT2D eigenvalue weighted by Crippen LogP contribution is 2.22. The van der Waals surface area contributed by atoms with Gasteiger partial charge in [-0.15, -0.1) is 11.3 Å². The summed E-state index contributed by atoms with van der Waals surface area (Å²) in [7, 11) is 0. The van der Waals surface area contributed by atoms with Crippen molar-refractivity contribution in [2.24, 2.45) is 5.73 Å². The average Bonchev–Trinajstić information content (AvgIpc) is 2.53. The molecule has 0 aromatic carbocycles. The smallest absolute Gasteiger partial charge is 0.247 e. The highest BCUT2D eigenvalue weighted by atomic mass is 32.1. The Hall–Kier alpha value is -0.980. The molecule has 0 spiro atoms. The van der Waals surface area contributed by atoms with Crippen LogP contribution in [0.5, 0.6) is 0 Å². The first-order valence-electron chi connectivity index (χ1n) is 5.06. The molecule has 6 heteroatoms. The molecule has 0 saturated carbocycles. The number of rotatable bonds is 5. The molecule has 90 valence electrons. The Labute approximate surface area is 98.7 Å². The van der Waals surface area contributed by atoms with Crippen molar-refractivity contribution in [2.75, 3.05) is 6.54 Å². The number of hydrogen-bond donors (Lipinski definition) is 3. The van der Waals surface area contributed by atoms with Crippen molar-refractivity contribution in [3.8, 4) is 0 Å². The summed E-state index contributed by atoms with van der Waals surface area (Å²) in [5, 5.41) is 13.3. The van der Waals surface area contributed by atoms with Gasteiger partial charge >= 0.3 is 0 Å². The third-order valence-corrected chi connectivity index (χ3v) is 3.20. The van der Waals surface area contributed by atoms with Gasteiger partial charge in [0.15, 0.2) is 0 Å². The van der Waals surface area contributed by atoms with Gasteiger partial charge in [-0.2, -0.15) is 0 Å². The number of aryl methyl sites for hydroxylation is 2. The lowest BCUT2D eigenvalue weighted by atomic mass is 10.2. The lowest BCUT2D eigenvalue weighted by Crippen LogP contribution is -2.38. The molecule has 1 aromatic rings. The number of amides is 1. The van der Waals surface area contributed by atoms with E-state index in [2.05, 4.69) is 10.3 Å². The number of carbonyl (C=O) groups is 1. The topological polar surface area (TPSA) is 88.2 Å². The standard InChI is InChI=1S/C10H17N3O2S/c1-5(12-4-8(14)10(11)15)9-6(2)16-7(3)13-9/h5,8,12,14H,4H2,1-3H3,(H2,11,15). The zero-order valence-corrected chi connectivity index (χ0v) is 10.5. The molecular weight excluding hydrogens is 226 g/mol. The normalized spacial score (nSPS) is 14.8. The number of nitrogens with one attached hydrogen (secondary N) is 1. The van der Waals surface area contributed by atoms with Crippen LogP contribution in [0.3, 0.4) is 0 Å². The van der Waals surface area contributed by atoms with Gasteiger partial charge in [0, 0.05) is 17.5 Å². The third kappa shape index (κ3) is 3.26. The zero-order chi connectivity index (χ0) is 12.3. The van der Waals surface area contributed by atoms with Gasteiger partial charge in [0.25, 0.3) is 0 Å². The first kappa shape index (κ1) is 13.1. The first-order valence-corrected chi connectivity index (χ1v) is 5.88. The molecule has 0 aliphatic carbocycles. The minimum Gasteiger partial charge on any atom is -0.382 e. The summed E-state index contributed by atoms with van der Waals surface area (Å²) in [4.78, 5) is 16.2. The predicted molar refractivity (Wildman–Crippen MR) is 63.2 cm³/mol. The number of aliphatic hydroxyl groups excluding tert-OH is 1. The zero-order valence-electron chi connectivity index (χ0n) is 9.65. The van der Waals surface area contributed by atoms with E-state index in [0.717, 1.165) is 15.6 Å². The van der Waals surface area contributed by atoms with E-state index < -0.39 is 12.0 Å². The Morgan fingerprint density at radius 2 is 2.25 bits per heavy atom. The summed E-state index contributed by atoms with van der Waals surface area (Å²) < 4.78 is 0. The maximum Gasteiger partial charge on any atom is 0.247 e. The Balaban J connectivity index is 2.56. The molecule has 2 unspecified atom stereocenters. The molecule has 5 nitrogen and oxygen atoms in total. The molecular formula is C10H17N3O2S. The number of carbonyl (C=O) groups excluding carboxylic acids is 1. The summed E-state index contributed by atoms with van der Waals surface area (Å²) in [6.45, 7) is 6.04. The fourth-order valence-electron chi connectivity index (χ4n) is 1.43. The van der Waals surface area contributed by atoms with Gasteiger partial charge in [-0.25, -0.2) is 4.98 Å². The molecule has 1 rings (SSSR count). The fraction of sp³-hybridized carbons (Fsp3) is 0.600. The number of hydrogen-bond acceptors (Lipinski definition) is 5. The van der Waals surface area contributed by atoms with Gasteiger partial charge in [0.05, 0.1) is 10.7 Å². The first-order chi connectivity index (χ1) is 7.41. The molecule has 16 heavy (non-hydrogen) atoms. The van der Waals surface area contributed by atoms with Crippen LogP contribution >= 0.6 is 11.3 Å². The van der Waals surface area contributed by atoms with Crippen LogP contribution in [0.15, 0.2) is 0 Å². The van der Waals surface area contributed by atoms with Crippen molar-refractivity contribution < 1.29 is 9.90 Å². The quantitative estimate of drug-likeness (QED) is 0.692. The van der Waals surface area contributed by atoms with Crippen molar-refractivity contribution in [1.29, 1.82) is 0 Å². The third-order valence-electron chi connectivity index (χ3n) is 2.30. The van der Waals surface area contributed by atoms with E-state index in [-0.39, 0.29) is 12.6 Å². The van der Waals surface area contributed by atoms with E-state index in [0.29, 0.717) is 0 Å². The summed E-state index contributed by atoms with van der Waals surface area (Å²) in [5.41, 5.74) is 5.91. The predicted octanol–water partition coefficient (Wildman–Crippen LogP) is 0.257. The van der Waals surface area contributed by atoms with Crippen molar-refractivity contribution in [3.63, 3.8) is 0 Å². The van der Waals surface area contributed by atoms with Crippen LogP contribution in [0.4, 0.5) is 0 Å². The van der Waals surface area contributed by atoms with Gasteiger partial charge in [-0.05, 0) is 20.8 Å². The molecule has 2 atom stereocenters. The minimum atomic E-state index is -1.15. The SMILES string of the molecule is Cc1nc(C(C)NCC(O)C(N)=O)c(C)s1. The monoisotopic (exact) mass is 243 g/mol. The molecule has 1 heterocycles. The summed E-state index contributed by atoms with van der Waals surface area (Å²) in [6.07, 6.45) is -1.15. The Morgan fingerprint density at radius 1 is 1.62 bits per heavy atom. The fourth-order valence-corrected chi connectivity index (χ4v) is 2.35.